The van der Waals surface area contributed by atoms with E-state index in [0.717, 1.165) is 46.8 Å². The summed E-state index contributed by atoms with van der Waals surface area (Å²) in [6.45, 7) is 4.56. The summed E-state index contributed by atoms with van der Waals surface area (Å²) in [5.74, 6) is 0.983. The third kappa shape index (κ3) is 12.1. The second-order valence-corrected chi connectivity index (χ2v) is 15.6. The summed E-state index contributed by atoms with van der Waals surface area (Å²) in [5, 5.41) is 6.83. The van der Waals surface area contributed by atoms with E-state index in [9.17, 15) is 33.6 Å². The molecule has 4 aliphatic rings. The van der Waals surface area contributed by atoms with E-state index in [0.29, 0.717) is 44.1 Å². The van der Waals surface area contributed by atoms with Crippen molar-refractivity contribution in [1.29, 1.82) is 0 Å². The SMILES string of the molecule is COc1cccc(C=NC2CCC(=O)NC2=O)c1C.COc1cccc(C=O)c1C.COc1cccc2c1[Se]N(C1CCC(=O)NC1=O)C2.NC1CCC(=O)NC1=O.[HH]. The molecule has 0 aliphatic carbocycles. The fraction of sp³-hybridized carbons (Fsp3) is 0.366. The van der Waals surface area contributed by atoms with Gasteiger partial charge in [0.05, 0.1) is 20.3 Å². The number of hydrogen-bond acceptors (Lipinski definition) is 13. The standard InChI is InChI=1S/C14H16N2O3.C13H14N2O3Se.C9H10O2.C5H8N2O2.H2/c1-9-10(4-3-5-12(9)19-2)8-15-11-6-7-13(17)16-14(11)18;1-18-10-4-2-3-8-7-15(19-12(8)10)9-5-6-11(16)14-13(9)17;1-7-8(6-10)4-3-5-9(7)11-2;6-3-1-2-4(8)7-5(3)9;/h3-5,8,11H,6-7H2,1-2H3,(H,16,17,18);2-4,9H,5-7H2,1H3,(H,14,16,17);3-6H,1-2H3;3H,1-2,6H2,(H,7,8,9);1H. The first kappa shape index (κ1) is 45.0. The maximum absolute atomic E-state index is 11.9. The fourth-order valence-electron chi connectivity index (χ4n) is 6.08. The van der Waals surface area contributed by atoms with E-state index in [4.69, 9.17) is 19.9 Å². The van der Waals surface area contributed by atoms with Gasteiger partial charge in [0.1, 0.15) is 23.8 Å². The van der Waals surface area contributed by atoms with Crippen molar-refractivity contribution in [3.05, 3.63) is 82.4 Å². The molecule has 0 aromatic heterocycles. The van der Waals surface area contributed by atoms with Crippen LogP contribution in [0.5, 0.6) is 17.2 Å². The molecule has 0 radical (unpaired) electrons. The number of benzene rings is 3. The van der Waals surface area contributed by atoms with E-state index in [2.05, 4.69) is 30.9 Å². The van der Waals surface area contributed by atoms with Gasteiger partial charge in [-0.2, -0.15) is 0 Å². The van der Waals surface area contributed by atoms with Gasteiger partial charge < -0.3 is 15.2 Å². The number of fused-ring (bicyclic) bond motifs is 1. The van der Waals surface area contributed by atoms with Crippen molar-refractivity contribution in [1.82, 2.24) is 19.9 Å². The van der Waals surface area contributed by atoms with Gasteiger partial charge in [-0.15, -0.1) is 0 Å². The Kier molecular flexibility index (Phi) is 16.8. The van der Waals surface area contributed by atoms with E-state index in [1.807, 2.05) is 50.2 Å². The van der Waals surface area contributed by atoms with Crippen LogP contribution in [0.2, 0.25) is 0 Å². The molecular weight excluding hydrogens is 815 g/mol. The predicted octanol–water partition coefficient (Wildman–Crippen LogP) is 1.60. The third-order valence-corrected chi connectivity index (χ3v) is 12.1. The summed E-state index contributed by atoms with van der Waals surface area (Å²) < 4.78 is 19.0. The maximum atomic E-state index is 11.9. The first-order valence-corrected chi connectivity index (χ1v) is 20.0. The van der Waals surface area contributed by atoms with Gasteiger partial charge >= 0.3 is 117 Å². The monoisotopic (exact) mass is 866 g/mol. The Balaban J connectivity index is 0.000000219. The number of amides is 6. The Labute approximate surface area is 344 Å². The van der Waals surface area contributed by atoms with Gasteiger partial charge in [0, 0.05) is 31.6 Å². The van der Waals surface area contributed by atoms with Gasteiger partial charge in [-0.05, 0) is 49.9 Å². The van der Waals surface area contributed by atoms with Crippen LogP contribution in [-0.4, -0.2) is 106 Å². The topological polar surface area (TPSA) is 225 Å². The molecule has 3 atom stereocenters. The molecule has 58 heavy (non-hydrogen) atoms. The van der Waals surface area contributed by atoms with E-state index in [1.54, 1.807) is 39.7 Å². The number of aliphatic imine (C=N–C) groups is 1. The zero-order chi connectivity index (χ0) is 42.4. The number of nitrogens with one attached hydrogen (secondary N) is 3. The van der Waals surface area contributed by atoms with Crippen LogP contribution in [0.3, 0.4) is 0 Å². The van der Waals surface area contributed by atoms with E-state index in [1.165, 1.54) is 10.0 Å². The van der Waals surface area contributed by atoms with Crippen LogP contribution < -0.4 is 40.4 Å². The summed E-state index contributed by atoms with van der Waals surface area (Å²) >= 11 is 0.0737. The number of carbonyl (C=O) groups is 7. The Morgan fingerprint density at radius 2 is 1.22 bits per heavy atom. The first-order valence-electron chi connectivity index (χ1n) is 18.4. The number of aldehydes is 1. The number of piperidine rings is 3. The van der Waals surface area contributed by atoms with E-state index in [-0.39, 0.29) is 58.1 Å². The molecule has 3 aromatic carbocycles. The number of nitrogens with zero attached hydrogens (tertiary/aromatic N) is 2. The Morgan fingerprint density at radius 1 is 0.707 bits per heavy atom. The molecule has 4 aliphatic heterocycles. The summed E-state index contributed by atoms with van der Waals surface area (Å²) in [4.78, 5) is 81.4. The molecule has 17 heteroatoms. The van der Waals surface area contributed by atoms with Crippen molar-refractivity contribution in [2.45, 2.75) is 77.0 Å². The molecule has 0 bridgehead atoms. The Morgan fingerprint density at radius 3 is 1.78 bits per heavy atom. The summed E-state index contributed by atoms with van der Waals surface area (Å²) in [7, 11) is 4.88. The molecule has 7 rings (SSSR count). The summed E-state index contributed by atoms with van der Waals surface area (Å²) in [6.07, 6.45) is 5.18. The van der Waals surface area contributed by atoms with Crippen LogP contribution in [0.15, 0.2) is 59.6 Å². The number of methoxy groups -OCH3 is 3. The van der Waals surface area contributed by atoms with Crippen molar-refractivity contribution in [3.8, 4) is 17.2 Å². The molecule has 5 N–H and O–H groups in total. The molecule has 0 saturated carbocycles. The Hall–Kier alpha value is -5.74. The van der Waals surface area contributed by atoms with Crippen molar-refractivity contribution >= 4 is 67.6 Å². The zero-order valence-electron chi connectivity index (χ0n) is 33.0. The van der Waals surface area contributed by atoms with Crippen LogP contribution in [0.25, 0.3) is 0 Å². The van der Waals surface area contributed by atoms with Gasteiger partial charge in [0.15, 0.2) is 0 Å². The average Bonchev–Trinajstić information content (AvgIpc) is 3.65. The largest absolute Gasteiger partial charge is 0.320 e. The third-order valence-electron chi connectivity index (χ3n) is 9.48. The molecule has 4 heterocycles. The first-order chi connectivity index (χ1) is 27.8. The minimum absolute atomic E-state index is 0. The molecule has 0 spiro atoms. The smallest absolute Gasteiger partial charge is 0.243 e. The normalized spacial score (nSPS) is 20.1. The van der Waals surface area contributed by atoms with E-state index < -0.39 is 12.1 Å². The van der Waals surface area contributed by atoms with Crippen LogP contribution in [-0.2, 0) is 35.3 Å². The molecule has 16 nitrogen and oxygen atoms in total. The molecular formula is C41H50N6O10Se. The van der Waals surface area contributed by atoms with E-state index >= 15 is 0 Å². The molecule has 3 fully saturated rings. The molecule has 3 aromatic rings. The number of nitrogens with two attached hydrogens (primary N) is 1. The number of imide groups is 3. The quantitative estimate of drug-likeness (QED) is 0.115. The zero-order valence-corrected chi connectivity index (χ0v) is 34.7. The van der Waals surface area contributed by atoms with Crippen LogP contribution in [0.1, 0.15) is 72.6 Å². The Bertz CT molecular complexity index is 2060. The number of hydrogen-bond donors (Lipinski definition) is 4. The second kappa shape index (κ2) is 21.7. The van der Waals surface area contributed by atoms with Crippen LogP contribution in [0.4, 0.5) is 0 Å². The van der Waals surface area contributed by atoms with Gasteiger partial charge in [-0.1, -0.05) is 24.3 Å². The van der Waals surface area contributed by atoms with Gasteiger partial charge in [0.25, 0.3) is 5.91 Å². The van der Waals surface area contributed by atoms with Crippen LogP contribution >= 0.6 is 0 Å². The number of rotatable bonds is 7. The summed E-state index contributed by atoms with van der Waals surface area (Å²) in [5.41, 5.74) is 9.96. The molecule has 6 amide bonds. The minimum atomic E-state index is -0.484. The predicted molar refractivity (Wildman–Crippen MR) is 217 cm³/mol. The van der Waals surface area contributed by atoms with Crippen molar-refractivity contribution in [2.24, 2.45) is 10.7 Å². The minimum Gasteiger partial charge on any atom is -0.320 e. The number of carbonyl (C=O) groups excluding carboxylic acids is 7. The van der Waals surface area contributed by atoms with Crippen molar-refractivity contribution < 1.29 is 49.2 Å². The molecule has 310 valence electrons. The maximum Gasteiger partial charge on any atom is 0.243 e. The molecule has 3 unspecified atom stereocenters. The molecule has 3 saturated heterocycles. The second-order valence-electron chi connectivity index (χ2n) is 13.4. The van der Waals surface area contributed by atoms with Gasteiger partial charge in [-0.25, -0.2) is 0 Å². The fourth-order valence-corrected chi connectivity index (χ4v) is 8.71. The van der Waals surface area contributed by atoms with Gasteiger partial charge in [0.2, 0.25) is 17.7 Å². The summed E-state index contributed by atoms with van der Waals surface area (Å²) in [6, 6.07) is 15.9. The van der Waals surface area contributed by atoms with Crippen molar-refractivity contribution in [2.75, 3.05) is 21.3 Å². The van der Waals surface area contributed by atoms with Crippen LogP contribution in [0, 0.1) is 13.8 Å². The van der Waals surface area contributed by atoms with Gasteiger partial charge in [-0.3, -0.25) is 39.6 Å². The average molecular weight is 866 g/mol. The van der Waals surface area contributed by atoms with Crippen molar-refractivity contribution in [3.63, 3.8) is 0 Å². The number of ether oxygens (including phenoxy) is 3.